The van der Waals surface area contributed by atoms with E-state index in [0.29, 0.717) is 12.2 Å². The summed E-state index contributed by atoms with van der Waals surface area (Å²) in [7, 11) is 0. The highest BCUT2D eigenvalue weighted by molar-refractivity contribution is 5.61. The van der Waals surface area contributed by atoms with Crippen molar-refractivity contribution in [3.05, 3.63) is 66.5 Å². The van der Waals surface area contributed by atoms with Crippen LogP contribution in [0.1, 0.15) is 5.56 Å². The molecule has 20 heavy (non-hydrogen) atoms. The van der Waals surface area contributed by atoms with Crippen LogP contribution in [-0.2, 0) is 6.54 Å². The number of benzene rings is 1. The highest BCUT2D eigenvalue weighted by atomic mass is 19.1. The van der Waals surface area contributed by atoms with Crippen LogP contribution in [-0.4, -0.2) is 14.5 Å². The molecule has 0 aliphatic carbocycles. The van der Waals surface area contributed by atoms with Crippen molar-refractivity contribution >= 4 is 5.69 Å². The van der Waals surface area contributed by atoms with Gasteiger partial charge in [0.15, 0.2) is 0 Å². The fourth-order valence-electron chi connectivity index (χ4n) is 2.11. The normalized spacial score (nSPS) is 10.7. The van der Waals surface area contributed by atoms with Crippen molar-refractivity contribution in [1.82, 2.24) is 14.5 Å². The Morgan fingerprint density at radius 3 is 2.90 bits per heavy atom. The molecular weight excluding hydrogens is 255 g/mol. The van der Waals surface area contributed by atoms with Crippen molar-refractivity contribution < 1.29 is 4.39 Å². The Morgan fingerprint density at radius 1 is 1.20 bits per heavy atom. The third kappa shape index (κ3) is 2.51. The van der Waals surface area contributed by atoms with E-state index < -0.39 is 0 Å². The van der Waals surface area contributed by atoms with E-state index in [1.807, 2.05) is 35.0 Å². The molecule has 0 amide bonds. The average molecular weight is 268 g/mol. The van der Waals surface area contributed by atoms with Gasteiger partial charge in [0.1, 0.15) is 11.6 Å². The highest BCUT2D eigenvalue weighted by Gasteiger charge is 2.07. The number of nitrogens with zero attached hydrogens (tertiary/aromatic N) is 3. The summed E-state index contributed by atoms with van der Waals surface area (Å²) in [6.07, 6.45) is 6.40. The number of hydrogen-bond donors (Lipinski definition) is 1. The first-order valence-electron chi connectivity index (χ1n) is 6.19. The molecule has 2 aromatic heterocycles. The number of nitrogens with two attached hydrogens (primary N) is 1. The third-order valence-electron chi connectivity index (χ3n) is 2.97. The quantitative estimate of drug-likeness (QED) is 0.743. The summed E-state index contributed by atoms with van der Waals surface area (Å²) in [5.41, 5.74) is 8.19. The Balaban J connectivity index is 1.94. The monoisotopic (exact) mass is 268 g/mol. The van der Waals surface area contributed by atoms with E-state index >= 15 is 0 Å². The minimum Gasteiger partial charge on any atom is -0.399 e. The van der Waals surface area contributed by atoms with Gasteiger partial charge in [0, 0.05) is 29.8 Å². The number of rotatable bonds is 3. The molecule has 0 atom stereocenters. The molecule has 3 rings (SSSR count). The summed E-state index contributed by atoms with van der Waals surface area (Å²) in [5, 5.41) is 0. The summed E-state index contributed by atoms with van der Waals surface area (Å²) in [6.45, 7) is 0.509. The van der Waals surface area contributed by atoms with Gasteiger partial charge in [0.2, 0.25) is 0 Å². The Hall–Kier alpha value is -2.69. The lowest BCUT2D eigenvalue weighted by Crippen LogP contribution is -2.02. The Morgan fingerprint density at radius 2 is 2.10 bits per heavy atom. The lowest BCUT2D eigenvalue weighted by Gasteiger charge is -2.08. The fraction of sp³-hybridized carbons (Fsp3) is 0.0667. The zero-order chi connectivity index (χ0) is 13.9. The van der Waals surface area contributed by atoms with E-state index in [2.05, 4.69) is 9.97 Å². The number of hydrogen-bond acceptors (Lipinski definition) is 3. The predicted molar refractivity (Wildman–Crippen MR) is 75.4 cm³/mol. The van der Waals surface area contributed by atoms with Crippen molar-refractivity contribution in [2.75, 3.05) is 5.73 Å². The molecule has 0 spiro atoms. The van der Waals surface area contributed by atoms with Gasteiger partial charge in [-0.25, -0.2) is 9.37 Å². The van der Waals surface area contributed by atoms with Crippen molar-refractivity contribution in [3.8, 4) is 11.4 Å². The van der Waals surface area contributed by atoms with E-state index in [-0.39, 0.29) is 5.82 Å². The molecule has 100 valence electrons. The van der Waals surface area contributed by atoms with Gasteiger partial charge in [-0.2, -0.15) is 0 Å². The molecule has 3 aromatic rings. The zero-order valence-corrected chi connectivity index (χ0v) is 10.7. The lowest BCUT2D eigenvalue weighted by atomic mass is 10.2. The molecule has 0 radical (unpaired) electrons. The lowest BCUT2D eigenvalue weighted by molar-refractivity contribution is 0.616. The van der Waals surface area contributed by atoms with E-state index in [0.717, 1.165) is 17.0 Å². The van der Waals surface area contributed by atoms with E-state index in [1.165, 1.54) is 12.3 Å². The van der Waals surface area contributed by atoms with Crippen LogP contribution in [0.4, 0.5) is 10.1 Å². The van der Waals surface area contributed by atoms with Crippen molar-refractivity contribution in [2.45, 2.75) is 6.54 Å². The number of anilines is 1. The highest BCUT2D eigenvalue weighted by Crippen LogP contribution is 2.20. The number of nitrogen functional groups attached to an aromatic ring is 1. The summed E-state index contributed by atoms with van der Waals surface area (Å²) in [5.74, 6) is 0.453. The molecule has 5 heteroatoms. The molecular formula is C15H13FN4. The van der Waals surface area contributed by atoms with Crippen molar-refractivity contribution in [3.63, 3.8) is 0 Å². The van der Waals surface area contributed by atoms with Crippen molar-refractivity contribution in [1.29, 1.82) is 0 Å². The van der Waals surface area contributed by atoms with Gasteiger partial charge in [0.25, 0.3) is 0 Å². The summed E-state index contributed by atoms with van der Waals surface area (Å²) in [6, 6.07) is 8.98. The van der Waals surface area contributed by atoms with E-state index in [9.17, 15) is 4.39 Å². The molecule has 0 aliphatic rings. The van der Waals surface area contributed by atoms with Crippen LogP contribution in [0.25, 0.3) is 11.4 Å². The molecule has 0 unspecified atom stereocenters. The van der Waals surface area contributed by atoms with Crippen LogP contribution < -0.4 is 5.73 Å². The number of imidazole rings is 1. The molecule has 0 saturated carbocycles. The zero-order valence-electron chi connectivity index (χ0n) is 10.7. The van der Waals surface area contributed by atoms with Gasteiger partial charge in [-0.3, -0.25) is 4.98 Å². The number of pyridine rings is 1. The summed E-state index contributed by atoms with van der Waals surface area (Å²) >= 11 is 0. The molecule has 0 bridgehead atoms. The van der Waals surface area contributed by atoms with Gasteiger partial charge >= 0.3 is 0 Å². The molecule has 0 fully saturated rings. The molecule has 4 nitrogen and oxygen atoms in total. The standard InChI is InChI=1S/C15H13FN4/c16-13-6-11(8-18-9-13)10-20-5-4-19-15(20)12-2-1-3-14(17)7-12/h1-9H,10,17H2. The molecule has 1 aromatic carbocycles. The second kappa shape index (κ2) is 5.13. The Bertz CT molecular complexity index is 736. The fourth-order valence-corrected chi connectivity index (χ4v) is 2.11. The van der Waals surface area contributed by atoms with Crippen LogP contribution in [0.3, 0.4) is 0 Å². The van der Waals surface area contributed by atoms with Crippen LogP contribution >= 0.6 is 0 Å². The smallest absolute Gasteiger partial charge is 0.141 e. The van der Waals surface area contributed by atoms with E-state index in [1.54, 1.807) is 12.4 Å². The first-order chi connectivity index (χ1) is 9.72. The maximum Gasteiger partial charge on any atom is 0.141 e. The largest absolute Gasteiger partial charge is 0.399 e. The number of aromatic nitrogens is 3. The first-order valence-corrected chi connectivity index (χ1v) is 6.19. The van der Waals surface area contributed by atoms with Gasteiger partial charge in [0.05, 0.1) is 12.7 Å². The van der Waals surface area contributed by atoms with Gasteiger partial charge < -0.3 is 10.3 Å². The molecule has 2 heterocycles. The maximum absolute atomic E-state index is 13.2. The van der Waals surface area contributed by atoms with Crippen LogP contribution in [0.2, 0.25) is 0 Å². The maximum atomic E-state index is 13.2. The minimum absolute atomic E-state index is 0.340. The van der Waals surface area contributed by atoms with Gasteiger partial charge in [-0.1, -0.05) is 12.1 Å². The minimum atomic E-state index is -0.340. The predicted octanol–water partition coefficient (Wildman–Crippen LogP) is 2.71. The Labute approximate surface area is 115 Å². The van der Waals surface area contributed by atoms with Gasteiger partial charge in [-0.05, 0) is 23.8 Å². The summed E-state index contributed by atoms with van der Waals surface area (Å²) in [4.78, 5) is 8.19. The SMILES string of the molecule is Nc1cccc(-c2nccn2Cc2cncc(F)c2)c1. The molecule has 0 saturated heterocycles. The second-order valence-electron chi connectivity index (χ2n) is 4.52. The van der Waals surface area contributed by atoms with E-state index in [4.69, 9.17) is 5.73 Å². The van der Waals surface area contributed by atoms with Crippen LogP contribution in [0.5, 0.6) is 0 Å². The third-order valence-corrected chi connectivity index (χ3v) is 2.97. The van der Waals surface area contributed by atoms with Crippen molar-refractivity contribution in [2.24, 2.45) is 0 Å². The average Bonchev–Trinajstić information content (AvgIpc) is 2.87. The molecule has 0 aliphatic heterocycles. The molecule has 2 N–H and O–H groups in total. The summed E-state index contributed by atoms with van der Waals surface area (Å²) < 4.78 is 15.1. The van der Waals surface area contributed by atoms with Crippen LogP contribution in [0, 0.1) is 5.82 Å². The number of halogens is 1. The second-order valence-corrected chi connectivity index (χ2v) is 4.52. The first kappa shape index (κ1) is 12.3. The topological polar surface area (TPSA) is 56.7 Å². The Kier molecular flexibility index (Phi) is 3.16. The van der Waals surface area contributed by atoms with Crippen LogP contribution in [0.15, 0.2) is 55.1 Å². The van der Waals surface area contributed by atoms with Gasteiger partial charge in [-0.15, -0.1) is 0 Å².